The first-order valence-electron chi connectivity index (χ1n) is 4.32. The van der Waals surface area contributed by atoms with Gasteiger partial charge in [-0.25, -0.2) is 4.98 Å². The quantitative estimate of drug-likeness (QED) is 0.661. The zero-order valence-corrected chi connectivity index (χ0v) is 9.71. The van der Waals surface area contributed by atoms with E-state index in [-0.39, 0.29) is 20.8 Å². The fraction of sp³-hybridized carbons (Fsp3) is 0. The molecule has 2 rings (SSSR count). The van der Waals surface area contributed by atoms with E-state index in [0.29, 0.717) is 0 Å². The average molecular weight is 273 g/mol. The molecule has 0 saturated carbocycles. The van der Waals surface area contributed by atoms with Crippen molar-refractivity contribution in [3.8, 4) is 0 Å². The van der Waals surface area contributed by atoms with Crippen LogP contribution in [-0.4, -0.2) is 20.8 Å². The van der Waals surface area contributed by atoms with Gasteiger partial charge in [-0.1, -0.05) is 11.6 Å². The van der Waals surface area contributed by atoms with Crippen LogP contribution in [0.25, 0.3) is 0 Å². The highest BCUT2D eigenvalue weighted by Gasteiger charge is 2.21. The van der Waals surface area contributed by atoms with E-state index in [2.05, 4.69) is 15.3 Å². The molecule has 1 amide bonds. The van der Waals surface area contributed by atoms with E-state index in [0.717, 1.165) is 17.4 Å². The zero-order chi connectivity index (χ0) is 12.4. The van der Waals surface area contributed by atoms with Crippen LogP contribution in [0.3, 0.4) is 0 Å². The van der Waals surface area contributed by atoms with Crippen LogP contribution in [0.2, 0.25) is 4.34 Å². The molecule has 17 heavy (non-hydrogen) atoms. The normalized spacial score (nSPS) is 10.2. The number of thiophene rings is 1. The van der Waals surface area contributed by atoms with Gasteiger partial charge in [0.05, 0.1) is 4.92 Å². The third-order valence-corrected chi connectivity index (χ3v) is 3.16. The summed E-state index contributed by atoms with van der Waals surface area (Å²) in [6.07, 6.45) is 3.01. The van der Waals surface area contributed by atoms with Gasteiger partial charge in [-0.2, -0.15) is 0 Å². The smallest absolute Gasteiger partial charge is 0.299 e. The molecule has 0 atom stereocenters. The molecule has 0 fully saturated rings. The van der Waals surface area contributed by atoms with Gasteiger partial charge >= 0.3 is 0 Å². The fourth-order valence-electron chi connectivity index (χ4n) is 1.10. The number of nitro groups is 1. The maximum absolute atomic E-state index is 11.7. The highest BCUT2D eigenvalue weighted by Crippen LogP contribution is 2.33. The van der Waals surface area contributed by atoms with Crippen LogP contribution in [0, 0.1) is 10.1 Å². The predicted octanol–water partition coefficient (Wildman–Crippen LogP) is 2.29. The van der Waals surface area contributed by atoms with Gasteiger partial charge in [0, 0.05) is 18.5 Å². The second-order valence-electron chi connectivity index (χ2n) is 2.92. The van der Waals surface area contributed by atoms with E-state index in [1.165, 1.54) is 6.20 Å². The standard InChI is InChI=1S/C8H5ClN4O3S/c9-6-4(13(15)16)3-5(17-6)7(14)12-8-10-1-2-11-8/h1-3H,(H2,10,11,12,14). The molecule has 0 aromatic carbocycles. The summed E-state index contributed by atoms with van der Waals surface area (Å²) in [6.45, 7) is 0. The summed E-state index contributed by atoms with van der Waals surface area (Å²) in [5.41, 5.74) is -0.277. The first kappa shape index (κ1) is 11.6. The number of amides is 1. The Balaban J connectivity index is 2.20. The third-order valence-electron chi connectivity index (χ3n) is 1.82. The molecule has 0 aliphatic rings. The topological polar surface area (TPSA) is 101 Å². The lowest BCUT2D eigenvalue weighted by Gasteiger charge is -1.96. The summed E-state index contributed by atoms with van der Waals surface area (Å²) in [4.78, 5) is 28.2. The number of rotatable bonds is 3. The van der Waals surface area contributed by atoms with Crippen molar-refractivity contribution in [1.29, 1.82) is 0 Å². The van der Waals surface area contributed by atoms with Gasteiger partial charge in [0.2, 0.25) is 5.95 Å². The highest BCUT2D eigenvalue weighted by atomic mass is 35.5. The second kappa shape index (κ2) is 4.52. The lowest BCUT2D eigenvalue weighted by molar-refractivity contribution is -0.384. The molecule has 88 valence electrons. The molecular weight excluding hydrogens is 268 g/mol. The summed E-state index contributed by atoms with van der Waals surface area (Å²) in [6, 6.07) is 1.13. The third kappa shape index (κ3) is 2.43. The van der Waals surface area contributed by atoms with Gasteiger partial charge in [0.25, 0.3) is 11.6 Å². The maximum atomic E-state index is 11.7. The van der Waals surface area contributed by atoms with Crippen LogP contribution in [0.4, 0.5) is 11.6 Å². The minimum atomic E-state index is -0.636. The molecular formula is C8H5ClN4O3S. The van der Waals surface area contributed by atoms with Gasteiger partial charge in [0.1, 0.15) is 4.88 Å². The monoisotopic (exact) mass is 272 g/mol. The van der Waals surface area contributed by atoms with Gasteiger partial charge in [-0.15, -0.1) is 11.3 Å². The lowest BCUT2D eigenvalue weighted by Crippen LogP contribution is -2.11. The van der Waals surface area contributed by atoms with Crippen LogP contribution >= 0.6 is 22.9 Å². The Morgan fingerprint density at radius 1 is 1.65 bits per heavy atom. The maximum Gasteiger partial charge on any atom is 0.299 e. The highest BCUT2D eigenvalue weighted by molar-refractivity contribution is 7.18. The molecule has 2 N–H and O–H groups in total. The molecule has 0 radical (unpaired) electrons. The molecule has 9 heteroatoms. The van der Waals surface area contributed by atoms with Crippen molar-refractivity contribution in [2.45, 2.75) is 0 Å². The first-order chi connectivity index (χ1) is 8.08. The number of nitrogens with one attached hydrogen (secondary N) is 2. The molecule has 0 aliphatic heterocycles. The lowest BCUT2D eigenvalue weighted by atomic mass is 10.4. The second-order valence-corrected chi connectivity index (χ2v) is 4.57. The van der Waals surface area contributed by atoms with Crippen molar-refractivity contribution in [1.82, 2.24) is 9.97 Å². The molecule has 2 aromatic heterocycles. The van der Waals surface area contributed by atoms with E-state index < -0.39 is 10.8 Å². The molecule has 2 aromatic rings. The Labute approximate surface area is 104 Å². The largest absolute Gasteiger partial charge is 0.331 e. The summed E-state index contributed by atoms with van der Waals surface area (Å²) in [7, 11) is 0. The molecule has 7 nitrogen and oxygen atoms in total. The summed E-state index contributed by atoms with van der Waals surface area (Å²) < 4.78 is -0.0282. The Morgan fingerprint density at radius 2 is 2.41 bits per heavy atom. The fourth-order valence-corrected chi connectivity index (χ4v) is 2.22. The van der Waals surface area contributed by atoms with E-state index in [9.17, 15) is 14.9 Å². The van der Waals surface area contributed by atoms with Crippen molar-refractivity contribution < 1.29 is 9.72 Å². The Bertz CT molecular complexity index is 565. The first-order valence-corrected chi connectivity index (χ1v) is 5.52. The van der Waals surface area contributed by atoms with E-state index >= 15 is 0 Å². The molecule has 2 heterocycles. The van der Waals surface area contributed by atoms with Gasteiger partial charge < -0.3 is 4.98 Å². The van der Waals surface area contributed by atoms with Gasteiger partial charge in [-0.05, 0) is 0 Å². The van der Waals surface area contributed by atoms with Crippen LogP contribution in [0.1, 0.15) is 9.67 Å². The number of halogens is 1. The minimum absolute atomic E-state index is 0.0282. The number of hydrogen-bond acceptors (Lipinski definition) is 5. The van der Waals surface area contributed by atoms with Crippen LogP contribution < -0.4 is 5.32 Å². The zero-order valence-electron chi connectivity index (χ0n) is 8.14. The Morgan fingerprint density at radius 3 is 2.94 bits per heavy atom. The summed E-state index contributed by atoms with van der Waals surface area (Å²) in [5, 5.41) is 13.0. The number of carbonyl (C=O) groups excluding carboxylic acids is 1. The molecule has 0 unspecified atom stereocenters. The average Bonchev–Trinajstić information content (AvgIpc) is 2.86. The number of hydrogen-bond donors (Lipinski definition) is 2. The number of H-pyrrole nitrogens is 1. The molecule has 0 spiro atoms. The van der Waals surface area contributed by atoms with E-state index in [4.69, 9.17) is 11.6 Å². The van der Waals surface area contributed by atoms with Crippen molar-refractivity contribution in [3.63, 3.8) is 0 Å². The SMILES string of the molecule is O=C(Nc1ncc[nH]1)c1cc([N+](=O)[O-])c(Cl)s1. The number of anilines is 1. The number of imidazole rings is 1. The van der Waals surface area contributed by atoms with E-state index in [1.807, 2.05) is 0 Å². The molecule has 0 bridgehead atoms. The van der Waals surface area contributed by atoms with Crippen LogP contribution in [0.5, 0.6) is 0 Å². The summed E-state index contributed by atoms with van der Waals surface area (Å²) >= 11 is 6.48. The summed E-state index contributed by atoms with van der Waals surface area (Å²) in [5.74, 6) is -0.234. The Kier molecular flexibility index (Phi) is 3.07. The van der Waals surface area contributed by atoms with Crippen molar-refractivity contribution >= 4 is 40.5 Å². The number of nitrogens with zero attached hydrogens (tertiary/aromatic N) is 2. The van der Waals surface area contributed by atoms with Crippen molar-refractivity contribution in [2.24, 2.45) is 0 Å². The molecule has 0 aliphatic carbocycles. The number of aromatic nitrogens is 2. The number of carbonyl (C=O) groups is 1. The Hall–Kier alpha value is -1.93. The predicted molar refractivity (Wildman–Crippen MR) is 62.5 cm³/mol. The van der Waals surface area contributed by atoms with Crippen LogP contribution in [0.15, 0.2) is 18.5 Å². The minimum Gasteiger partial charge on any atom is -0.331 e. The van der Waals surface area contributed by atoms with E-state index in [1.54, 1.807) is 6.20 Å². The van der Waals surface area contributed by atoms with Crippen LogP contribution in [-0.2, 0) is 0 Å². The molecule has 0 saturated heterocycles. The number of aromatic amines is 1. The van der Waals surface area contributed by atoms with Gasteiger partial charge in [-0.3, -0.25) is 20.2 Å². The van der Waals surface area contributed by atoms with Crippen molar-refractivity contribution in [2.75, 3.05) is 5.32 Å². The van der Waals surface area contributed by atoms with Crippen molar-refractivity contribution in [3.05, 3.63) is 37.8 Å². The van der Waals surface area contributed by atoms with Gasteiger partial charge in [0.15, 0.2) is 4.34 Å².